The second-order valence-electron chi connectivity index (χ2n) is 6.99. The molecular formula is C23H19FN4O3. The number of nitriles is 1. The molecule has 8 heteroatoms. The number of anilines is 1. The molecule has 3 aromatic rings. The number of nitro groups is 1. The van der Waals surface area contributed by atoms with Gasteiger partial charge in [-0.15, -0.1) is 0 Å². The maximum Gasteiger partial charge on any atom is 0.274 e. The number of carbonyl (C=O) groups is 1. The summed E-state index contributed by atoms with van der Waals surface area (Å²) in [5.74, 6) is -1.34. The number of benzene rings is 2. The molecule has 0 radical (unpaired) electrons. The fraction of sp³-hybridized carbons (Fsp3) is 0.130. The Hall–Kier alpha value is -4.25. The summed E-state index contributed by atoms with van der Waals surface area (Å²) in [5.41, 5.74) is 3.00. The first-order valence-corrected chi connectivity index (χ1v) is 9.35. The number of nitrogens with one attached hydrogen (secondary N) is 1. The van der Waals surface area contributed by atoms with Gasteiger partial charge in [-0.3, -0.25) is 14.9 Å². The topological polar surface area (TPSA) is 101 Å². The summed E-state index contributed by atoms with van der Waals surface area (Å²) in [6, 6.07) is 14.2. The van der Waals surface area contributed by atoms with Crippen molar-refractivity contribution in [2.24, 2.45) is 0 Å². The third kappa shape index (κ3) is 4.36. The minimum absolute atomic E-state index is 0.00377. The van der Waals surface area contributed by atoms with Crippen LogP contribution in [0.1, 0.15) is 22.5 Å². The lowest BCUT2D eigenvalue weighted by Crippen LogP contribution is -2.14. The molecule has 3 rings (SSSR count). The van der Waals surface area contributed by atoms with Crippen LogP contribution >= 0.6 is 0 Å². The van der Waals surface area contributed by atoms with Crippen LogP contribution in [-0.4, -0.2) is 15.4 Å². The average molecular weight is 418 g/mol. The number of nitrogens with zero attached hydrogens (tertiary/aromatic N) is 3. The van der Waals surface area contributed by atoms with E-state index in [1.807, 2.05) is 17.6 Å². The monoisotopic (exact) mass is 418 g/mol. The molecule has 1 amide bonds. The van der Waals surface area contributed by atoms with Crippen LogP contribution in [0.4, 0.5) is 15.8 Å². The van der Waals surface area contributed by atoms with Gasteiger partial charge in [-0.05, 0) is 56.7 Å². The second kappa shape index (κ2) is 8.63. The number of hydrogen-bond donors (Lipinski definition) is 1. The Labute approximate surface area is 178 Å². The van der Waals surface area contributed by atoms with Crippen LogP contribution in [-0.2, 0) is 4.79 Å². The molecule has 0 unspecified atom stereocenters. The van der Waals surface area contributed by atoms with E-state index in [9.17, 15) is 24.6 Å². The van der Waals surface area contributed by atoms with Gasteiger partial charge in [-0.1, -0.05) is 18.2 Å². The fourth-order valence-corrected chi connectivity index (χ4v) is 3.32. The van der Waals surface area contributed by atoms with E-state index in [0.29, 0.717) is 22.5 Å². The Kier molecular flexibility index (Phi) is 5.97. The van der Waals surface area contributed by atoms with E-state index >= 15 is 0 Å². The van der Waals surface area contributed by atoms with Gasteiger partial charge in [0.15, 0.2) is 0 Å². The van der Waals surface area contributed by atoms with Crippen LogP contribution in [0, 0.1) is 48.0 Å². The summed E-state index contributed by atoms with van der Waals surface area (Å²) in [6.45, 7) is 5.27. The van der Waals surface area contributed by atoms with E-state index in [2.05, 4.69) is 5.32 Å². The van der Waals surface area contributed by atoms with E-state index in [1.54, 1.807) is 38.1 Å². The number of aromatic nitrogens is 1. The standard InChI is InChI=1S/C23H19FN4O3/c1-14-8-9-19(12-22(14)28(30)31)27-15(2)10-17(16(27)3)11-18(13-25)23(29)26-21-7-5-4-6-20(21)24/h4-12H,1-3H3,(H,26,29)/b18-11-. The van der Waals surface area contributed by atoms with Gasteiger partial charge in [-0.25, -0.2) is 4.39 Å². The number of halogens is 1. The van der Waals surface area contributed by atoms with E-state index < -0.39 is 16.6 Å². The van der Waals surface area contributed by atoms with Gasteiger partial charge >= 0.3 is 0 Å². The number of aryl methyl sites for hydroxylation is 2. The molecule has 0 saturated carbocycles. The van der Waals surface area contributed by atoms with E-state index in [0.717, 1.165) is 5.69 Å². The first-order valence-electron chi connectivity index (χ1n) is 9.35. The zero-order valence-electron chi connectivity index (χ0n) is 17.1. The minimum Gasteiger partial charge on any atom is -0.319 e. The number of amides is 1. The van der Waals surface area contributed by atoms with Gasteiger partial charge in [-0.2, -0.15) is 5.26 Å². The van der Waals surface area contributed by atoms with Gasteiger partial charge in [0.05, 0.1) is 16.3 Å². The molecule has 0 saturated heterocycles. The molecule has 156 valence electrons. The van der Waals surface area contributed by atoms with Crippen molar-refractivity contribution in [2.75, 3.05) is 5.32 Å². The highest BCUT2D eigenvalue weighted by Crippen LogP contribution is 2.27. The third-order valence-corrected chi connectivity index (χ3v) is 4.90. The number of nitro benzene ring substituents is 1. The Morgan fingerprint density at radius 1 is 1.19 bits per heavy atom. The third-order valence-electron chi connectivity index (χ3n) is 4.90. The Morgan fingerprint density at radius 3 is 2.55 bits per heavy atom. The number of hydrogen-bond acceptors (Lipinski definition) is 4. The molecule has 31 heavy (non-hydrogen) atoms. The Bertz CT molecular complexity index is 1270. The zero-order valence-corrected chi connectivity index (χ0v) is 17.1. The quantitative estimate of drug-likeness (QED) is 0.273. The van der Waals surface area contributed by atoms with Crippen LogP contribution in [0.15, 0.2) is 54.1 Å². The van der Waals surface area contributed by atoms with Gasteiger partial charge in [0, 0.05) is 23.0 Å². The molecule has 1 heterocycles. The second-order valence-corrected chi connectivity index (χ2v) is 6.99. The molecule has 0 aliphatic carbocycles. The summed E-state index contributed by atoms with van der Waals surface area (Å²) >= 11 is 0. The molecule has 0 spiro atoms. The van der Waals surface area contributed by atoms with Gasteiger partial charge in [0.25, 0.3) is 11.6 Å². The maximum absolute atomic E-state index is 13.8. The van der Waals surface area contributed by atoms with Crippen molar-refractivity contribution >= 4 is 23.4 Å². The van der Waals surface area contributed by atoms with Crippen LogP contribution in [0.2, 0.25) is 0 Å². The fourth-order valence-electron chi connectivity index (χ4n) is 3.32. The van der Waals surface area contributed by atoms with Crippen molar-refractivity contribution in [1.82, 2.24) is 4.57 Å². The lowest BCUT2D eigenvalue weighted by Gasteiger charge is -2.10. The van der Waals surface area contributed by atoms with Crippen LogP contribution in [0.5, 0.6) is 0 Å². The van der Waals surface area contributed by atoms with E-state index in [1.165, 1.54) is 30.3 Å². The van der Waals surface area contributed by atoms with Crippen molar-refractivity contribution in [3.63, 3.8) is 0 Å². The van der Waals surface area contributed by atoms with Crippen molar-refractivity contribution in [1.29, 1.82) is 5.26 Å². The summed E-state index contributed by atoms with van der Waals surface area (Å²) in [6.07, 6.45) is 1.41. The summed E-state index contributed by atoms with van der Waals surface area (Å²) in [4.78, 5) is 23.3. The SMILES string of the molecule is Cc1ccc(-n2c(C)cc(/C=C(/C#N)C(=O)Nc3ccccc3F)c2C)cc1[N+](=O)[O-]. The minimum atomic E-state index is -0.733. The lowest BCUT2D eigenvalue weighted by atomic mass is 10.1. The largest absolute Gasteiger partial charge is 0.319 e. The summed E-state index contributed by atoms with van der Waals surface area (Å²) in [7, 11) is 0. The van der Waals surface area contributed by atoms with Gasteiger partial charge in [0.1, 0.15) is 17.5 Å². The van der Waals surface area contributed by atoms with Gasteiger partial charge < -0.3 is 9.88 Å². The molecule has 1 N–H and O–H groups in total. The molecule has 0 bridgehead atoms. The average Bonchev–Trinajstić information content (AvgIpc) is 3.01. The lowest BCUT2D eigenvalue weighted by molar-refractivity contribution is -0.385. The van der Waals surface area contributed by atoms with Crippen molar-refractivity contribution < 1.29 is 14.1 Å². The molecular weight excluding hydrogens is 399 g/mol. The van der Waals surface area contributed by atoms with Crippen molar-refractivity contribution in [3.8, 4) is 11.8 Å². The van der Waals surface area contributed by atoms with Crippen LogP contribution in [0.25, 0.3) is 11.8 Å². The molecule has 0 aliphatic rings. The van der Waals surface area contributed by atoms with Crippen LogP contribution in [0.3, 0.4) is 0 Å². The Balaban J connectivity index is 1.99. The number of rotatable bonds is 5. The summed E-state index contributed by atoms with van der Waals surface area (Å²) in [5, 5.41) is 23.1. The number of carbonyl (C=O) groups excluding carboxylic acids is 1. The highest BCUT2D eigenvalue weighted by molar-refractivity contribution is 6.09. The first kappa shape index (κ1) is 21.5. The first-order chi connectivity index (χ1) is 14.7. The van der Waals surface area contributed by atoms with Crippen LogP contribution < -0.4 is 5.32 Å². The molecule has 1 aromatic heterocycles. The smallest absolute Gasteiger partial charge is 0.274 e. The molecule has 0 fully saturated rings. The maximum atomic E-state index is 13.8. The molecule has 0 aliphatic heterocycles. The predicted molar refractivity (Wildman–Crippen MR) is 115 cm³/mol. The van der Waals surface area contributed by atoms with Gasteiger partial charge in [0.2, 0.25) is 0 Å². The Morgan fingerprint density at radius 2 is 1.90 bits per heavy atom. The molecule has 0 atom stereocenters. The zero-order chi connectivity index (χ0) is 22.7. The normalized spacial score (nSPS) is 11.1. The highest BCUT2D eigenvalue weighted by Gasteiger charge is 2.17. The molecule has 2 aromatic carbocycles. The number of para-hydroxylation sites is 1. The summed E-state index contributed by atoms with van der Waals surface area (Å²) < 4.78 is 15.6. The molecule has 7 nitrogen and oxygen atoms in total. The van der Waals surface area contributed by atoms with Crippen molar-refractivity contribution in [3.05, 3.63) is 92.6 Å². The van der Waals surface area contributed by atoms with E-state index in [-0.39, 0.29) is 16.9 Å². The van der Waals surface area contributed by atoms with Crippen molar-refractivity contribution in [2.45, 2.75) is 20.8 Å². The highest BCUT2D eigenvalue weighted by atomic mass is 19.1. The predicted octanol–water partition coefficient (Wildman–Crippen LogP) is 5.00. The van der Waals surface area contributed by atoms with E-state index in [4.69, 9.17) is 0 Å².